The van der Waals surface area contributed by atoms with Crippen LogP contribution < -0.4 is 15.8 Å². The van der Waals surface area contributed by atoms with Gasteiger partial charge in [-0.25, -0.2) is 28.1 Å². The molecule has 11 nitrogen and oxygen atoms in total. The Hall–Kier alpha value is -3.59. The van der Waals surface area contributed by atoms with Gasteiger partial charge in [-0.15, -0.1) is 0 Å². The molecule has 0 spiro atoms. The summed E-state index contributed by atoms with van der Waals surface area (Å²) in [5.74, 6) is -0.355. The molecule has 3 aliphatic carbocycles. The molecule has 3 fully saturated rings. The Labute approximate surface area is 203 Å². The first-order valence-electron chi connectivity index (χ1n) is 10.8. The molecule has 3 saturated carbocycles. The van der Waals surface area contributed by atoms with Gasteiger partial charge in [0.1, 0.15) is 19.2 Å². The van der Waals surface area contributed by atoms with Gasteiger partial charge in [0.15, 0.2) is 11.6 Å². The standard InChI is InChI=1S/C21H21F3N8O3S/c1-12-2-3-13(4-14(12)15-5-27-16(25)17(30-15)32-11-26-10-29-32)36(34,35)31-20-6-19(7-20,8-20)18(33)28-9-21(22,23)24/h2-5,10-11,31H,6-9H2,1H3,(H2,25,27)(H,28,33). The Balaban J connectivity index is 1.34. The molecule has 36 heavy (non-hydrogen) atoms. The van der Waals surface area contributed by atoms with Crippen molar-refractivity contribution >= 4 is 21.7 Å². The highest BCUT2D eigenvalue weighted by molar-refractivity contribution is 7.89. The average Bonchev–Trinajstić information content (AvgIpc) is 3.28. The van der Waals surface area contributed by atoms with Crippen LogP contribution >= 0.6 is 0 Å². The Morgan fingerprint density at radius 1 is 1.25 bits per heavy atom. The Morgan fingerprint density at radius 3 is 2.61 bits per heavy atom. The van der Waals surface area contributed by atoms with Crippen molar-refractivity contribution in [1.29, 1.82) is 0 Å². The monoisotopic (exact) mass is 522 g/mol. The van der Waals surface area contributed by atoms with Crippen molar-refractivity contribution < 1.29 is 26.4 Å². The second-order valence-electron chi connectivity index (χ2n) is 9.28. The van der Waals surface area contributed by atoms with Crippen molar-refractivity contribution in [2.24, 2.45) is 5.41 Å². The third kappa shape index (κ3) is 4.17. The van der Waals surface area contributed by atoms with Crippen molar-refractivity contribution in [3.05, 3.63) is 42.6 Å². The highest BCUT2D eigenvalue weighted by Crippen LogP contribution is 2.67. The zero-order valence-electron chi connectivity index (χ0n) is 18.9. The minimum atomic E-state index is -4.51. The number of amides is 1. The molecule has 15 heteroatoms. The summed E-state index contributed by atoms with van der Waals surface area (Å²) in [4.78, 5) is 24.6. The van der Waals surface area contributed by atoms with E-state index < -0.39 is 39.6 Å². The smallest absolute Gasteiger partial charge is 0.381 e. The van der Waals surface area contributed by atoms with E-state index in [4.69, 9.17) is 5.73 Å². The fourth-order valence-corrected chi connectivity index (χ4v) is 6.32. The van der Waals surface area contributed by atoms with Gasteiger partial charge < -0.3 is 11.1 Å². The van der Waals surface area contributed by atoms with Crippen molar-refractivity contribution in [3.63, 3.8) is 0 Å². The molecule has 0 unspecified atom stereocenters. The van der Waals surface area contributed by atoms with E-state index in [2.05, 4.69) is 24.8 Å². The fraction of sp³-hybridized carbons (Fsp3) is 0.381. The Morgan fingerprint density at radius 2 is 1.97 bits per heavy atom. The summed E-state index contributed by atoms with van der Waals surface area (Å²) < 4.78 is 67.5. The number of rotatable bonds is 7. The SMILES string of the molecule is Cc1ccc(S(=O)(=O)NC23CC(C(=O)NCC(F)(F)F)(C2)C3)cc1-c1cnc(N)c(-n2cncn2)n1. The summed E-state index contributed by atoms with van der Waals surface area (Å²) in [6, 6.07) is 4.53. The molecule has 2 aromatic heterocycles. The molecule has 4 N–H and O–H groups in total. The van der Waals surface area contributed by atoms with Crippen LogP contribution in [0.1, 0.15) is 24.8 Å². The van der Waals surface area contributed by atoms with Gasteiger partial charge in [-0.05, 0) is 43.9 Å². The van der Waals surface area contributed by atoms with Crippen LogP contribution in [0.25, 0.3) is 17.1 Å². The number of halogens is 3. The molecule has 3 aromatic rings. The minimum absolute atomic E-state index is 0.0238. The van der Waals surface area contributed by atoms with Gasteiger partial charge in [0.05, 0.1) is 22.2 Å². The van der Waals surface area contributed by atoms with Gasteiger partial charge in [0, 0.05) is 11.1 Å². The summed E-state index contributed by atoms with van der Waals surface area (Å²) in [5, 5.41) is 5.89. The van der Waals surface area contributed by atoms with Crippen LogP contribution in [0.2, 0.25) is 0 Å². The molecular weight excluding hydrogens is 501 g/mol. The molecule has 0 atom stereocenters. The molecule has 0 saturated heterocycles. The number of benzene rings is 1. The van der Waals surface area contributed by atoms with Gasteiger partial charge >= 0.3 is 6.18 Å². The highest BCUT2D eigenvalue weighted by Gasteiger charge is 2.72. The summed E-state index contributed by atoms with van der Waals surface area (Å²) in [7, 11) is -4.00. The van der Waals surface area contributed by atoms with Gasteiger partial charge in [-0.2, -0.15) is 23.0 Å². The maximum absolute atomic E-state index is 13.2. The fourth-order valence-electron chi connectivity index (χ4n) is 4.90. The van der Waals surface area contributed by atoms with E-state index in [0.717, 1.165) is 5.56 Å². The van der Waals surface area contributed by atoms with E-state index in [9.17, 15) is 26.4 Å². The number of aryl methyl sites for hydroxylation is 1. The predicted octanol–water partition coefficient (Wildman–Crippen LogP) is 1.49. The number of nitrogen functional groups attached to an aromatic ring is 1. The van der Waals surface area contributed by atoms with Crippen molar-refractivity contribution in [2.75, 3.05) is 12.3 Å². The van der Waals surface area contributed by atoms with Crippen LogP contribution in [0, 0.1) is 12.3 Å². The number of carbonyl (C=O) groups is 1. The van der Waals surface area contributed by atoms with Crippen LogP contribution in [0.4, 0.5) is 19.0 Å². The molecule has 0 radical (unpaired) electrons. The lowest BCUT2D eigenvalue weighted by molar-refractivity contribution is -0.181. The van der Waals surface area contributed by atoms with Crippen LogP contribution in [-0.2, 0) is 14.8 Å². The van der Waals surface area contributed by atoms with Gasteiger partial charge in [-0.1, -0.05) is 6.07 Å². The van der Waals surface area contributed by atoms with Gasteiger partial charge in [-0.3, -0.25) is 4.79 Å². The van der Waals surface area contributed by atoms with E-state index in [1.165, 1.54) is 35.7 Å². The second-order valence-corrected chi connectivity index (χ2v) is 11.0. The lowest BCUT2D eigenvalue weighted by atomic mass is 9.39. The number of alkyl halides is 3. The van der Waals surface area contributed by atoms with Crippen molar-refractivity contribution in [3.8, 4) is 17.1 Å². The highest BCUT2D eigenvalue weighted by atomic mass is 32.2. The topological polar surface area (TPSA) is 158 Å². The number of anilines is 1. The molecule has 2 bridgehead atoms. The zero-order chi connectivity index (χ0) is 25.9. The van der Waals surface area contributed by atoms with Crippen LogP contribution in [0.3, 0.4) is 0 Å². The molecule has 1 amide bonds. The number of nitrogens with two attached hydrogens (primary N) is 1. The molecule has 0 aliphatic heterocycles. The molecular formula is C21H21F3N8O3S. The van der Waals surface area contributed by atoms with Crippen molar-refractivity contribution in [1.82, 2.24) is 34.8 Å². The number of nitrogens with zero attached hydrogens (tertiary/aromatic N) is 5. The molecule has 2 heterocycles. The number of hydrogen-bond acceptors (Lipinski definition) is 8. The third-order valence-electron chi connectivity index (χ3n) is 6.52. The van der Waals surface area contributed by atoms with Crippen LogP contribution in [0.15, 0.2) is 41.9 Å². The number of carbonyl (C=O) groups excluding carboxylic acids is 1. The van der Waals surface area contributed by atoms with E-state index in [1.807, 2.05) is 5.32 Å². The quantitative estimate of drug-likeness (QED) is 0.421. The van der Waals surface area contributed by atoms with E-state index in [-0.39, 0.29) is 35.8 Å². The minimum Gasteiger partial charge on any atom is -0.381 e. The van der Waals surface area contributed by atoms with E-state index in [0.29, 0.717) is 11.3 Å². The number of aromatic nitrogens is 5. The number of hydrogen-bond donors (Lipinski definition) is 3. The number of sulfonamides is 1. The van der Waals surface area contributed by atoms with Crippen LogP contribution in [-0.4, -0.2) is 57.3 Å². The molecule has 6 rings (SSSR count). The largest absolute Gasteiger partial charge is 0.405 e. The Kier molecular flexibility index (Phi) is 5.33. The summed E-state index contributed by atoms with van der Waals surface area (Å²) in [6.07, 6.45) is 0.0680. The first kappa shape index (κ1) is 24.1. The Bertz CT molecular complexity index is 1440. The third-order valence-corrected chi connectivity index (χ3v) is 8.10. The predicted molar refractivity (Wildman–Crippen MR) is 120 cm³/mol. The second kappa shape index (κ2) is 7.96. The summed E-state index contributed by atoms with van der Waals surface area (Å²) >= 11 is 0. The van der Waals surface area contributed by atoms with E-state index >= 15 is 0 Å². The van der Waals surface area contributed by atoms with Gasteiger partial charge in [0.25, 0.3) is 0 Å². The van der Waals surface area contributed by atoms with Crippen molar-refractivity contribution in [2.45, 2.75) is 42.8 Å². The first-order chi connectivity index (χ1) is 16.8. The zero-order valence-corrected chi connectivity index (χ0v) is 19.7. The molecule has 190 valence electrons. The van der Waals surface area contributed by atoms with Gasteiger partial charge in [0.2, 0.25) is 15.9 Å². The normalized spacial score (nSPS) is 23.0. The summed E-state index contributed by atoms with van der Waals surface area (Å²) in [6.45, 7) is 0.377. The van der Waals surface area contributed by atoms with E-state index in [1.54, 1.807) is 13.0 Å². The maximum atomic E-state index is 13.2. The average molecular weight is 523 g/mol. The van der Waals surface area contributed by atoms with Crippen LogP contribution in [0.5, 0.6) is 0 Å². The lowest BCUT2D eigenvalue weighted by Crippen LogP contribution is -2.78. The molecule has 1 aromatic carbocycles. The first-order valence-corrected chi connectivity index (χ1v) is 12.3. The maximum Gasteiger partial charge on any atom is 0.405 e. The molecule has 3 aliphatic rings. The lowest BCUT2D eigenvalue weighted by Gasteiger charge is -2.68. The summed E-state index contributed by atoms with van der Waals surface area (Å²) in [5.41, 5.74) is 5.73. The number of nitrogens with one attached hydrogen (secondary N) is 2.